The average Bonchev–Trinajstić information content (AvgIpc) is 3.25. The van der Waals surface area contributed by atoms with Gasteiger partial charge in [0.1, 0.15) is 11.7 Å². The van der Waals surface area contributed by atoms with E-state index in [0.29, 0.717) is 43.4 Å². The second kappa shape index (κ2) is 7.93. The van der Waals surface area contributed by atoms with Crippen molar-refractivity contribution in [2.75, 3.05) is 0 Å². The van der Waals surface area contributed by atoms with Gasteiger partial charge in [0.25, 0.3) is 0 Å². The number of fused-ring (bicyclic) bond motifs is 7. The van der Waals surface area contributed by atoms with Gasteiger partial charge in [-0.1, -0.05) is 20.8 Å². The van der Waals surface area contributed by atoms with Crippen molar-refractivity contribution < 1.29 is 34.3 Å². The van der Waals surface area contributed by atoms with E-state index in [1.807, 2.05) is 6.92 Å². The molecule has 0 radical (unpaired) electrons. The lowest BCUT2D eigenvalue weighted by molar-refractivity contribution is -0.300. The fourth-order valence-corrected chi connectivity index (χ4v) is 11.0. The summed E-state index contributed by atoms with van der Waals surface area (Å²) in [4.78, 5) is 11.6. The smallest absolute Gasteiger partial charge is 0.302 e. The number of aliphatic hydroxyl groups is 3. The SMILES string of the molecule is CC(=O)O[C@H]1CC2CCC3C4C[C@@H]5OC6(C[C@H](C)C(C)(C)O6)C(C)(O)C5[C@@]4(C)C[C@H](O)C3[C@@]2(C)C[C@H]1O. The van der Waals surface area contributed by atoms with Crippen LogP contribution in [0.5, 0.6) is 0 Å². The Kier molecular flexibility index (Phi) is 5.68. The fraction of sp³-hybridized carbons (Fsp3) is 0.967. The molecule has 3 N–H and O–H groups in total. The van der Waals surface area contributed by atoms with Crippen molar-refractivity contribution in [3.63, 3.8) is 0 Å². The van der Waals surface area contributed by atoms with Gasteiger partial charge in [0, 0.05) is 19.3 Å². The Hall–Kier alpha value is -0.730. The van der Waals surface area contributed by atoms with E-state index in [9.17, 15) is 20.1 Å². The standard InChI is InChI=1S/C30H48O7/c1-15-12-30(37-26(15,3)4)29(7,34)25-23(36-30)11-19-18-9-8-17-10-22(35-16(2)31)20(32)13-27(17,5)24(18)21(33)14-28(19,25)6/h15,17-25,32-34H,8-14H2,1-7H3/t15-,17?,18?,19?,20+,21-,22-,23-,24?,25?,27-,28-,29?,30?/m0/s1. The highest BCUT2D eigenvalue weighted by atomic mass is 16.7. The molecule has 0 aromatic carbocycles. The Morgan fingerprint density at radius 2 is 1.62 bits per heavy atom. The van der Waals surface area contributed by atoms with Crippen molar-refractivity contribution in [3.8, 4) is 0 Å². The van der Waals surface area contributed by atoms with E-state index in [2.05, 4.69) is 34.6 Å². The molecule has 4 aliphatic carbocycles. The Labute approximate surface area is 221 Å². The summed E-state index contributed by atoms with van der Waals surface area (Å²) in [5.74, 6) is -0.133. The Morgan fingerprint density at radius 3 is 2.24 bits per heavy atom. The van der Waals surface area contributed by atoms with Gasteiger partial charge in [0.15, 0.2) is 5.79 Å². The van der Waals surface area contributed by atoms with Crippen LogP contribution >= 0.6 is 0 Å². The topological polar surface area (TPSA) is 105 Å². The first kappa shape index (κ1) is 26.5. The molecule has 1 spiro atoms. The Morgan fingerprint density at radius 1 is 0.946 bits per heavy atom. The van der Waals surface area contributed by atoms with Crippen molar-refractivity contribution >= 4 is 5.97 Å². The summed E-state index contributed by atoms with van der Waals surface area (Å²) in [6, 6.07) is 0. The monoisotopic (exact) mass is 520 g/mol. The second-order valence-corrected chi connectivity index (χ2v) is 15.1. The van der Waals surface area contributed by atoms with Crippen molar-refractivity contribution in [1.29, 1.82) is 0 Å². The lowest BCUT2D eigenvalue weighted by atomic mass is 9.43. The first-order valence-electron chi connectivity index (χ1n) is 14.7. The lowest BCUT2D eigenvalue weighted by Gasteiger charge is -2.63. The number of ether oxygens (including phenoxy) is 3. The molecule has 4 saturated carbocycles. The molecule has 0 aromatic rings. The summed E-state index contributed by atoms with van der Waals surface area (Å²) in [6.07, 6.45) is 3.64. The molecule has 2 aliphatic heterocycles. The van der Waals surface area contributed by atoms with Crippen LogP contribution in [0.15, 0.2) is 0 Å². The predicted octanol–water partition coefficient (Wildman–Crippen LogP) is 3.81. The summed E-state index contributed by atoms with van der Waals surface area (Å²) >= 11 is 0. The molecule has 7 heteroatoms. The van der Waals surface area contributed by atoms with E-state index in [-0.39, 0.29) is 46.3 Å². The number of esters is 1. The maximum atomic E-state index is 12.2. The van der Waals surface area contributed by atoms with E-state index in [1.165, 1.54) is 6.92 Å². The number of aliphatic hydroxyl groups excluding tert-OH is 2. The molecule has 6 rings (SSSR count). The minimum absolute atomic E-state index is 0.0803. The molecule has 37 heavy (non-hydrogen) atoms. The van der Waals surface area contributed by atoms with Gasteiger partial charge in [0.05, 0.1) is 23.9 Å². The van der Waals surface area contributed by atoms with Crippen LogP contribution in [0.3, 0.4) is 0 Å². The van der Waals surface area contributed by atoms with Crippen LogP contribution in [0.2, 0.25) is 0 Å². The largest absolute Gasteiger partial charge is 0.460 e. The van der Waals surface area contributed by atoms with Crippen molar-refractivity contribution in [2.45, 2.75) is 135 Å². The van der Waals surface area contributed by atoms with Crippen LogP contribution < -0.4 is 0 Å². The second-order valence-electron chi connectivity index (χ2n) is 15.1. The number of hydrogen-bond acceptors (Lipinski definition) is 7. The minimum atomic E-state index is -1.14. The average molecular weight is 521 g/mol. The molecule has 2 saturated heterocycles. The van der Waals surface area contributed by atoms with Gasteiger partial charge in [-0.3, -0.25) is 4.79 Å². The van der Waals surface area contributed by atoms with Crippen LogP contribution in [0.25, 0.3) is 0 Å². The van der Waals surface area contributed by atoms with Gasteiger partial charge >= 0.3 is 5.97 Å². The fourth-order valence-electron chi connectivity index (χ4n) is 11.0. The quantitative estimate of drug-likeness (QED) is 0.452. The summed E-state index contributed by atoms with van der Waals surface area (Å²) < 4.78 is 18.8. The van der Waals surface area contributed by atoms with Gasteiger partial charge in [-0.2, -0.15) is 0 Å². The van der Waals surface area contributed by atoms with Crippen LogP contribution in [0, 0.1) is 46.3 Å². The van der Waals surface area contributed by atoms with E-state index in [1.54, 1.807) is 0 Å². The predicted molar refractivity (Wildman–Crippen MR) is 136 cm³/mol. The molecular weight excluding hydrogens is 472 g/mol. The molecular formula is C30H48O7. The van der Waals surface area contributed by atoms with E-state index < -0.39 is 29.7 Å². The Balaban J connectivity index is 1.29. The van der Waals surface area contributed by atoms with Crippen LogP contribution in [-0.4, -0.2) is 62.7 Å². The third-order valence-corrected chi connectivity index (χ3v) is 12.8. The van der Waals surface area contributed by atoms with E-state index in [0.717, 1.165) is 19.3 Å². The zero-order valence-electron chi connectivity index (χ0n) is 23.7. The highest BCUT2D eigenvalue weighted by molar-refractivity contribution is 5.66. The van der Waals surface area contributed by atoms with Gasteiger partial charge < -0.3 is 29.5 Å². The summed E-state index contributed by atoms with van der Waals surface area (Å²) in [7, 11) is 0. The zero-order valence-corrected chi connectivity index (χ0v) is 23.7. The highest BCUT2D eigenvalue weighted by Gasteiger charge is 2.77. The highest BCUT2D eigenvalue weighted by Crippen LogP contribution is 2.72. The summed E-state index contributed by atoms with van der Waals surface area (Å²) in [5.41, 5.74) is -1.97. The molecule has 6 aliphatic rings. The van der Waals surface area contributed by atoms with Crippen molar-refractivity contribution in [1.82, 2.24) is 0 Å². The normalized spacial score (nSPS) is 59.9. The van der Waals surface area contributed by atoms with Crippen LogP contribution in [0.4, 0.5) is 0 Å². The summed E-state index contributed by atoms with van der Waals surface area (Å²) in [6.45, 7) is 14.2. The van der Waals surface area contributed by atoms with E-state index in [4.69, 9.17) is 14.2 Å². The van der Waals surface area contributed by atoms with Gasteiger partial charge in [-0.05, 0) is 99.7 Å². The number of carbonyl (C=O) groups is 1. The van der Waals surface area contributed by atoms with Crippen LogP contribution in [0.1, 0.15) is 93.4 Å². The van der Waals surface area contributed by atoms with Crippen molar-refractivity contribution in [3.05, 3.63) is 0 Å². The maximum Gasteiger partial charge on any atom is 0.302 e. The molecule has 6 fully saturated rings. The first-order chi connectivity index (χ1) is 17.1. The molecule has 0 amide bonds. The third kappa shape index (κ3) is 3.39. The molecule has 2 heterocycles. The van der Waals surface area contributed by atoms with Gasteiger partial charge in [-0.15, -0.1) is 0 Å². The molecule has 7 unspecified atom stereocenters. The zero-order chi connectivity index (χ0) is 26.9. The maximum absolute atomic E-state index is 12.2. The molecule has 0 bridgehead atoms. The van der Waals surface area contributed by atoms with E-state index >= 15 is 0 Å². The van der Waals surface area contributed by atoms with Gasteiger partial charge in [0.2, 0.25) is 0 Å². The number of carbonyl (C=O) groups excluding carboxylic acids is 1. The van der Waals surface area contributed by atoms with Crippen LogP contribution in [-0.2, 0) is 19.0 Å². The molecule has 7 nitrogen and oxygen atoms in total. The number of rotatable bonds is 1. The number of hydrogen-bond donors (Lipinski definition) is 3. The van der Waals surface area contributed by atoms with Crippen molar-refractivity contribution in [2.24, 2.45) is 46.3 Å². The van der Waals surface area contributed by atoms with Gasteiger partial charge in [-0.25, -0.2) is 0 Å². The molecule has 210 valence electrons. The molecule has 14 atom stereocenters. The lowest BCUT2D eigenvalue weighted by Crippen LogP contribution is -2.63. The minimum Gasteiger partial charge on any atom is -0.460 e. The summed E-state index contributed by atoms with van der Waals surface area (Å²) in [5, 5.41) is 35.1. The Bertz CT molecular complexity index is 964. The first-order valence-corrected chi connectivity index (χ1v) is 14.7. The third-order valence-electron chi connectivity index (χ3n) is 12.8. The molecule has 0 aromatic heterocycles.